The molecule has 36 heavy (non-hydrogen) atoms. The van der Waals surface area contributed by atoms with Gasteiger partial charge in [-0.1, -0.05) is 26.7 Å². The Bertz CT molecular complexity index is 1220. The van der Waals surface area contributed by atoms with Crippen LogP contribution in [0.4, 0.5) is 0 Å². The molecule has 4 rings (SSSR count). The molecule has 0 radical (unpaired) electrons. The molecular weight excluding hydrogens is 498 g/mol. The molecule has 2 aliphatic rings. The summed E-state index contributed by atoms with van der Waals surface area (Å²) in [5, 5.41) is 2.99. The van der Waals surface area contributed by atoms with Crippen LogP contribution < -0.4 is 10.9 Å². The zero-order valence-corrected chi connectivity index (χ0v) is 23.3. The molecule has 2 saturated heterocycles. The molecule has 2 atom stereocenters. The topological polar surface area (TPSA) is 105 Å². The maximum Gasteiger partial charge on any atom is 0.263 e. The van der Waals surface area contributed by atoms with E-state index in [4.69, 9.17) is 0 Å². The highest BCUT2D eigenvalue weighted by molar-refractivity contribution is 7.89. The second kappa shape index (κ2) is 11.7. The third-order valence-electron chi connectivity index (χ3n) is 7.22. The first-order valence-corrected chi connectivity index (χ1v) is 15.4. The van der Waals surface area contributed by atoms with Crippen LogP contribution in [-0.4, -0.2) is 72.3 Å². The normalized spacial score (nSPS) is 22.5. The first-order chi connectivity index (χ1) is 17.2. The Morgan fingerprint density at radius 3 is 2.47 bits per heavy atom. The Labute approximate surface area is 217 Å². The zero-order chi connectivity index (χ0) is 25.9. The fourth-order valence-corrected chi connectivity index (χ4v) is 8.91. The van der Waals surface area contributed by atoms with Crippen LogP contribution in [0.5, 0.6) is 0 Å². The first-order valence-electron chi connectivity index (χ1n) is 13.1. The van der Waals surface area contributed by atoms with Crippen LogP contribution in [-0.2, 0) is 21.4 Å². The summed E-state index contributed by atoms with van der Waals surface area (Å²) in [7, 11) is -3.86. The summed E-state index contributed by atoms with van der Waals surface area (Å²) in [6.45, 7) is 10.3. The van der Waals surface area contributed by atoms with Gasteiger partial charge in [0.05, 0.1) is 11.7 Å². The van der Waals surface area contributed by atoms with Crippen molar-refractivity contribution >= 4 is 37.5 Å². The van der Waals surface area contributed by atoms with E-state index in [-0.39, 0.29) is 34.6 Å². The number of likely N-dealkylation sites (tertiary alicyclic amines) is 1. The molecule has 2 aromatic rings. The van der Waals surface area contributed by atoms with E-state index >= 15 is 0 Å². The van der Waals surface area contributed by atoms with Crippen LogP contribution in [0.15, 0.2) is 16.0 Å². The number of rotatable bonds is 8. The van der Waals surface area contributed by atoms with Crippen LogP contribution in [0.25, 0.3) is 10.2 Å². The molecule has 1 N–H and O–H groups in total. The van der Waals surface area contributed by atoms with Crippen molar-refractivity contribution in [1.29, 1.82) is 0 Å². The van der Waals surface area contributed by atoms with E-state index in [0.29, 0.717) is 29.3 Å². The molecule has 1 amide bonds. The lowest BCUT2D eigenvalue weighted by Gasteiger charge is -2.34. The number of aromatic nitrogens is 2. The number of carbonyl (C=O) groups is 1. The monoisotopic (exact) mass is 537 g/mol. The average Bonchev–Trinajstić information content (AvgIpc) is 2.98. The number of carbonyl (C=O) groups excluding carboxylic acids is 1. The largest absolute Gasteiger partial charge is 0.354 e. The van der Waals surface area contributed by atoms with Gasteiger partial charge < -0.3 is 10.2 Å². The van der Waals surface area contributed by atoms with Gasteiger partial charge in [0.2, 0.25) is 15.9 Å². The van der Waals surface area contributed by atoms with Crippen molar-refractivity contribution in [3.05, 3.63) is 21.6 Å². The van der Waals surface area contributed by atoms with Gasteiger partial charge in [0.25, 0.3) is 5.56 Å². The lowest BCUT2D eigenvalue weighted by Crippen LogP contribution is -2.43. The minimum atomic E-state index is -3.86. The number of piperidine rings is 1. The SMILES string of the molecule is Cc1sc2ncn(CC(=O)NCCCN3CCCCCC3)c(=O)c2c1S(=O)(=O)N1C[C@@H](C)C[C@H](C)C1. The number of hydrogen-bond donors (Lipinski definition) is 1. The smallest absolute Gasteiger partial charge is 0.263 e. The number of amides is 1. The number of hydrogen-bond acceptors (Lipinski definition) is 7. The molecular formula is C25H39N5O4S2. The fourth-order valence-electron chi connectivity index (χ4n) is 5.57. The highest BCUT2D eigenvalue weighted by Gasteiger charge is 2.35. The van der Waals surface area contributed by atoms with Crippen LogP contribution in [0.3, 0.4) is 0 Å². The van der Waals surface area contributed by atoms with Gasteiger partial charge in [-0.25, -0.2) is 13.4 Å². The van der Waals surface area contributed by atoms with E-state index in [2.05, 4.69) is 29.0 Å². The van der Waals surface area contributed by atoms with Crippen molar-refractivity contribution in [2.45, 2.75) is 70.7 Å². The van der Waals surface area contributed by atoms with Gasteiger partial charge in [-0.3, -0.25) is 14.2 Å². The predicted octanol–water partition coefficient (Wildman–Crippen LogP) is 2.82. The number of thiophene rings is 1. The second-order valence-electron chi connectivity index (χ2n) is 10.6. The summed E-state index contributed by atoms with van der Waals surface area (Å²) in [5.74, 6) is 0.238. The van der Waals surface area contributed by atoms with E-state index in [9.17, 15) is 18.0 Å². The van der Waals surface area contributed by atoms with Gasteiger partial charge in [0.15, 0.2) is 0 Å². The Kier molecular flexibility index (Phi) is 8.85. The number of fused-ring (bicyclic) bond motifs is 1. The summed E-state index contributed by atoms with van der Waals surface area (Å²) in [6.07, 6.45) is 8.25. The Morgan fingerprint density at radius 1 is 1.14 bits per heavy atom. The Morgan fingerprint density at radius 2 is 1.81 bits per heavy atom. The van der Waals surface area contributed by atoms with Crippen LogP contribution in [0.1, 0.15) is 57.2 Å². The molecule has 0 aliphatic carbocycles. The van der Waals surface area contributed by atoms with E-state index in [1.807, 2.05) is 0 Å². The molecule has 11 heteroatoms. The first kappa shape index (κ1) is 27.2. The van der Waals surface area contributed by atoms with E-state index in [1.165, 1.54) is 52.2 Å². The van der Waals surface area contributed by atoms with Crippen molar-refractivity contribution in [3.8, 4) is 0 Å². The van der Waals surface area contributed by atoms with Gasteiger partial charge in [-0.15, -0.1) is 11.3 Å². The molecule has 9 nitrogen and oxygen atoms in total. The maximum absolute atomic E-state index is 13.7. The molecule has 2 fully saturated rings. The van der Waals surface area contributed by atoms with Gasteiger partial charge in [-0.2, -0.15) is 4.31 Å². The quantitative estimate of drug-likeness (QED) is 0.520. The lowest BCUT2D eigenvalue weighted by molar-refractivity contribution is -0.121. The summed E-state index contributed by atoms with van der Waals surface area (Å²) < 4.78 is 30.0. The standard InChI is InChI=1S/C25H39N5O4S2/c1-18-13-19(2)15-30(14-18)36(33,34)23-20(3)35-24-22(23)25(32)29(17-27-24)16-21(31)26-9-8-12-28-10-6-4-5-7-11-28/h17-19H,4-16H2,1-3H3,(H,26,31)/t18-,19-/m0/s1. The number of nitrogens with zero attached hydrogens (tertiary/aromatic N) is 4. The highest BCUT2D eigenvalue weighted by Crippen LogP contribution is 2.35. The number of sulfonamides is 1. The van der Waals surface area contributed by atoms with Crippen LogP contribution >= 0.6 is 11.3 Å². The van der Waals surface area contributed by atoms with Gasteiger partial charge >= 0.3 is 0 Å². The van der Waals surface area contributed by atoms with E-state index in [1.54, 1.807) is 6.92 Å². The van der Waals surface area contributed by atoms with Crippen LogP contribution in [0, 0.1) is 18.8 Å². The predicted molar refractivity (Wildman–Crippen MR) is 143 cm³/mol. The number of aryl methyl sites for hydroxylation is 1. The summed E-state index contributed by atoms with van der Waals surface area (Å²) in [5.41, 5.74) is -0.485. The molecule has 0 unspecified atom stereocenters. The Hall–Kier alpha value is -1.82. The molecule has 2 aromatic heterocycles. The molecule has 200 valence electrons. The van der Waals surface area contributed by atoms with Crippen molar-refractivity contribution in [3.63, 3.8) is 0 Å². The molecule has 0 spiro atoms. The van der Waals surface area contributed by atoms with Gasteiger partial charge in [0, 0.05) is 24.5 Å². The number of nitrogens with one attached hydrogen (secondary N) is 1. The third-order valence-corrected chi connectivity index (χ3v) is 10.4. The van der Waals surface area contributed by atoms with Crippen LogP contribution in [0.2, 0.25) is 0 Å². The van der Waals surface area contributed by atoms with E-state index in [0.717, 1.165) is 32.5 Å². The summed E-state index contributed by atoms with van der Waals surface area (Å²) in [6, 6.07) is 0. The minimum Gasteiger partial charge on any atom is -0.354 e. The Balaban J connectivity index is 1.46. The molecule has 0 saturated carbocycles. The molecule has 2 aliphatic heterocycles. The van der Waals surface area contributed by atoms with E-state index < -0.39 is 15.6 Å². The average molecular weight is 538 g/mol. The van der Waals surface area contributed by atoms with Gasteiger partial charge in [-0.05, 0) is 64.1 Å². The maximum atomic E-state index is 13.7. The van der Waals surface area contributed by atoms with Crippen molar-refractivity contribution in [2.24, 2.45) is 11.8 Å². The lowest BCUT2D eigenvalue weighted by atomic mass is 9.94. The van der Waals surface area contributed by atoms with Gasteiger partial charge in [0.1, 0.15) is 16.3 Å². The molecule has 0 bridgehead atoms. The summed E-state index contributed by atoms with van der Waals surface area (Å²) in [4.78, 5) is 33.8. The molecule has 0 aromatic carbocycles. The highest BCUT2D eigenvalue weighted by atomic mass is 32.2. The third kappa shape index (κ3) is 6.17. The summed E-state index contributed by atoms with van der Waals surface area (Å²) >= 11 is 1.21. The zero-order valence-electron chi connectivity index (χ0n) is 21.7. The van der Waals surface area contributed by atoms with Crippen molar-refractivity contribution < 1.29 is 13.2 Å². The molecule has 4 heterocycles. The second-order valence-corrected chi connectivity index (χ2v) is 13.7. The fraction of sp³-hybridized carbons (Fsp3) is 0.720. The van der Waals surface area contributed by atoms with Crippen molar-refractivity contribution in [2.75, 3.05) is 39.3 Å². The minimum absolute atomic E-state index is 0.0495. The van der Waals surface area contributed by atoms with Crippen molar-refractivity contribution in [1.82, 2.24) is 24.1 Å².